The van der Waals surface area contributed by atoms with Gasteiger partial charge in [-0.1, -0.05) is 17.7 Å². The van der Waals surface area contributed by atoms with Crippen molar-refractivity contribution in [3.05, 3.63) is 29.3 Å². The first-order valence-electron chi connectivity index (χ1n) is 9.56. The van der Waals surface area contributed by atoms with Crippen molar-refractivity contribution >= 4 is 17.5 Å². The third kappa shape index (κ3) is 5.05. The highest BCUT2D eigenvalue weighted by atomic mass is 16.2. The van der Waals surface area contributed by atoms with Crippen molar-refractivity contribution in [3.63, 3.8) is 0 Å². The Kier molecular flexibility index (Phi) is 5.94. The van der Waals surface area contributed by atoms with Crippen LogP contribution in [0.25, 0.3) is 0 Å². The SMILES string of the molecule is Cc1ccc(NC(=O)C(C)N2CCN(CC(=O)NC3CC3)CC2)c(C)c1. The number of benzene rings is 1. The van der Waals surface area contributed by atoms with Crippen LogP contribution >= 0.6 is 0 Å². The number of nitrogens with zero attached hydrogens (tertiary/aromatic N) is 2. The smallest absolute Gasteiger partial charge is 0.241 e. The van der Waals surface area contributed by atoms with E-state index in [1.165, 1.54) is 5.56 Å². The van der Waals surface area contributed by atoms with Crippen LogP contribution in [0.1, 0.15) is 30.9 Å². The normalized spacial score (nSPS) is 19.8. The van der Waals surface area contributed by atoms with Gasteiger partial charge in [0, 0.05) is 37.9 Å². The molecule has 1 saturated heterocycles. The first-order chi connectivity index (χ1) is 12.4. The molecule has 0 spiro atoms. The van der Waals surface area contributed by atoms with Crippen LogP contribution in [-0.2, 0) is 9.59 Å². The van der Waals surface area contributed by atoms with Crippen LogP contribution in [0.3, 0.4) is 0 Å². The van der Waals surface area contributed by atoms with E-state index in [2.05, 4.69) is 26.5 Å². The summed E-state index contributed by atoms with van der Waals surface area (Å²) in [5.41, 5.74) is 3.15. The van der Waals surface area contributed by atoms with Crippen molar-refractivity contribution in [2.24, 2.45) is 0 Å². The molecular formula is C20H30N4O2. The average Bonchev–Trinajstić information content (AvgIpc) is 3.41. The van der Waals surface area contributed by atoms with Gasteiger partial charge in [-0.2, -0.15) is 0 Å². The summed E-state index contributed by atoms with van der Waals surface area (Å²) >= 11 is 0. The minimum absolute atomic E-state index is 0.0249. The minimum atomic E-state index is -0.182. The molecule has 26 heavy (non-hydrogen) atoms. The Morgan fingerprint density at radius 1 is 1.15 bits per heavy atom. The quantitative estimate of drug-likeness (QED) is 0.809. The maximum atomic E-state index is 12.6. The predicted molar refractivity (Wildman–Crippen MR) is 103 cm³/mol. The van der Waals surface area contributed by atoms with Gasteiger partial charge >= 0.3 is 0 Å². The molecule has 6 heteroatoms. The number of hydrogen-bond acceptors (Lipinski definition) is 4. The standard InChI is InChI=1S/C20H30N4O2/c1-14-4-7-18(15(2)12-14)22-20(26)16(3)24-10-8-23(9-11-24)13-19(25)21-17-5-6-17/h4,7,12,16-17H,5-6,8-11,13H2,1-3H3,(H,21,25)(H,22,26). The molecule has 1 heterocycles. The molecular weight excluding hydrogens is 328 g/mol. The highest BCUT2D eigenvalue weighted by molar-refractivity contribution is 5.95. The minimum Gasteiger partial charge on any atom is -0.352 e. The van der Waals surface area contributed by atoms with E-state index in [0.29, 0.717) is 12.6 Å². The first kappa shape index (κ1) is 18.9. The molecule has 2 aliphatic rings. The number of rotatable bonds is 6. The van der Waals surface area contributed by atoms with Crippen molar-refractivity contribution in [1.82, 2.24) is 15.1 Å². The molecule has 1 aromatic rings. The number of nitrogens with one attached hydrogen (secondary N) is 2. The Morgan fingerprint density at radius 2 is 1.85 bits per heavy atom. The monoisotopic (exact) mass is 358 g/mol. The lowest BCUT2D eigenvalue weighted by atomic mass is 10.1. The fourth-order valence-electron chi connectivity index (χ4n) is 3.37. The van der Waals surface area contributed by atoms with Crippen molar-refractivity contribution in [3.8, 4) is 0 Å². The molecule has 0 radical (unpaired) electrons. The number of piperazine rings is 1. The molecule has 1 unspecified atom stereocenters. The van der Waals surface area contributed by atoms with Crippen molar-refractivity contribution in [2.75, 3.05) is 38.0 Å². The van der Waals surface area contributed by atoms with Crippen LogP contribution in [0, 0.1) is 13.8 Å². The second kappa shape index (κ2) is 8.18. The zero-order valence-electron chi connectivity index (χ0n) is 16.0. The van der Waals surface area contributed by atoms with Crippen LogP contribution in [0.15, 0.2) is 18.2 Å². The van der Waals surface area contributed by atoms with Crippen molar-refractivity contribution in [2.45, 2.75) is 45.7 Å². The van der Waals surface area contributed by atoms with E-state index < -0.39 is 0 Å². The highest BCUT2D eigenvalue weighted by Crippen LogP contribution is 2.19. The largest absolute Gasteiger partial charge is 0.352 e. The van der Waals surface area contributed by atoms with E-state index in [-0.39, 0.29) is 17.9 Å². The maximum absolute atomic E-state index is 12.6. The van der Waals surface area contributed by atoms with Gasteiger partial charge < -0.3 is 10.6 Å². The molecule has 1 aliphatic carbocycles. The Hall–Kier alpha value is -1.92. The summed E-state index contributed by atoms with van der Waals surface area (Å²) in [7, 11) is 0. The number of hydrogen-bond donors (Lipinski definition) is 2. The van der Waals surface area contributed by atoms with Gasteiger partial charge in [0.2, 0.25) is 11.8 Å². The molecule has 2 N–H and O–H groups in total. The van der Waals surface area contributed by atoms with Gasteiger partial charge in [-0.3, -0.25) is 19.4 Å². The van der Waals surface area contributed by atoms with E-state index in [0.717, 1.165) is 50.3 Å². The lowest BCUT2D eigenvalue weighted by Gasteiger charge is -2.37. The van der Waals surface area contributed by atoms with Crippen LogP contribution < -0.4 is 10.6 Å². The summed E-state index contributed by atoms with van der Waals surface area (Å²) in [6, 6.07) is 6.28. The predicted octanol–water partition coefficient (Wildman–Crippen LogP) is 1.53. The van der Waals surface area contributed by atoms with Gasteiger partial charge in [0.1, 0.15) is 0 Å². The van der Waals surface area contributed by atoms with E-state index in [4.69, 9.17) is 0 Å². The fraction of sp³-hybridized carbons (Fsp3) is 0.600. The molecule has 2 fully saturated rings. The molecule has 1 aromatic carbocycles. The van der Waals surface area contributed by atoms with Crippen LogP contribution in [0.5, 0.6) is 0 Å². The number of anilines is 1. The zero-order valence-corrected chi connectivity index (χ0v) is 16.0. The fourth-order valence-corrected chi connectivity index (χ4v) is 3.37. The molecule has 6 nitrogen and oxygen atoms in total. The molecule has 0 aromatic heterocycles. The topological polar surface area (TPSA) is 64.7 Å². The third-order valence-corrected chi connectivity index (χ3v) is 5.28. The summed E-state index contributed by atoms with van der Waals surface area (Å²) in [5.74, 6) is 0.151. The second-order valence-electron chi connectivity index (χ2n) is 7.64. The Morgan fingerprint density at radius 3 is 2.46 bits per heavy atom. The summed E-state index contributed by atoms with van der Waals surface area (Å²) in [5, 5.41) is 6.08. The summed E-state index contributed by atoms with van der Waals surface area (Å²) in [4.78, 5) is 28.9. The summed E-state index contributed by atoms with van der Waals surface area (Å²) in [6.45, 7) is 9.72. The number of amides is 2. The van der Waals surface area contributed by atoms with Gasteiger partial charge in [-0.25, -0.2) is 0 Å². The summed E-state index contributed by atoms with van der Waals surface area (Å²) < 4.78 is 0. The Bertz CT molecular complexity index is 664. The van der Waals surface area contributed by atoms with Gasteiger partial charge in [0.15, 0.2) is 0 Å². The average molecular weight is 358 g/mol. The van der Waals surface area contributed by atoms with Crippen molar-refractivity contribution in [1.29, 1.82) is 0 Å². The number of carbonyl (C=O) groups excluding carboxylic acids is 2. The van der Waals surface area contributed by atoms with Gasteiger partial charge in [0.05, 0.1) is 12.6 Å². The molecule has 0 bridgehead atoms. The molecule has 3 rings (SSSR count). The highest BCUT2D eigenvalue weighted by Gasteiger charge is 2.28. The number of aryl methyl sites for hydroxylation is 2. The lowest BCUT2D eigenvalue weighted by molar-refractivity contribution is -0.124. The molecule has 2 amide bonds. The maximum Gasteiger partial charge on any atom is 0.241 e. The number of carbonyl (C=O) groups is 2. The molecule has 1 aliphatic heterocycles. The van der Waals surface area contributed by atoms with Gasteiger partial charge in [0.25, 0.3) is 0 Å². The Balaban J connectivity index is 1.45. The zero-order chi connectivity index (χ0) is 18.7. The molecule has 142 valence electrons. The first-order valence-corrected chi connectivity index (χ1v) is 9.56. The molecule has 1 atom stereocenters. The third-order valence-electron chi connectivity index (χ3n) is 5.28. The van der Waals surface area contributed by atoms with Crippen LogP contribution in [0.2, 0.25) is 0 Å². The van der Waals surface area contributed by atoms with Crippen molar-refractivity contribution < 1.29 is 9.59 Å². The Labute approximate surface area is 155 Å². The lowest BCUT2D eigenvalue weighted by Crippen LogP contribution is -2.54. The van der Waals surface area contributed by atoms with E-state index in [1.807, 2.05) is 32.9 Å². The van der Waals surface area contributed by atoms with Gasteiger partial charge in [-0.15, -0.1) is 0 Å². The summed E-state index contributed by atoms with van der Waals surface area (Å²) in [6.07, 6.45) is 2.24. The van der Waals surface area contributed by atoms with Crippen LogP contribution in [-0.4, -0.2) is 66.4 Å². The van der Waals surface area contributed by atoms with Gasteiger partial charge in [-0.05, 0) is 45.2 Å². The van der Waals surface area contributed by atoms with E-state index >= 15 is 0 Å². The molecule has 1 saturated carbocycles. The van der Waals surface area contributed by atoms with E-state index in [1.54, 1.807) is 0 Å². The van der Waals surface area contributed by atoms with Crippen LogP contribution in [0.4, 0.5) is 5.69 Å². The second-order valence-corrected chi connectivity index (χ2v) is 7.64. The van der Waals surface area contributed by atoms with E-state index in [9.17, 15) is 9.59 Å².